The average Bonchev–Trinajstić information content (AvgIpc) is 3.46. The molecule has 0 saturated heterocycles. The van der Waals surface area contributed by atoms with Gasteiger partial charge in [0.1, 0.15) is 5.82 Å². The number of nitrogens with zero attached hydrogens (tertiary/aromatic N) is 5. The number of ether oxygens (including phenoxy) is 1. The molecule has 1 unspecified atom stereocenters. The molecule has 1 atom stereocenters. The van der Waals surface area contributed by atoms with Crippen molar-refractivity contribution in [1.29, 1.82) is 0 Å². The van der Waals surface area contributed by atoms with Gasteiger partial charge in [-0.3, -0.25) is 0 Å². The predicted molar refractivity (Wildman–Crippen MR) is 127 cm³/mol. The van der Waals surface area contributed by atoms with Crippen molar-refractivity contribution in [3.8, 4) is 22.5 Å². The molecule has 4 aromatic rings. The number of aromatic amines is 1. The summed E-state index contributed by atoms with van der Waals surface area (Å²) >= 11 is 6.31. The molecule has 0 aliphatic heterocycles. The van der Waals surface area contributed by atoms with Crippen molar-refractivity contribution in [3.63, 3.8) is 0 Å². The third kappa shape index (κ3) is 5.16. The number of imidazole rings is 1. The Morgan fingerprint density at radius 2 is 1.91 bits per heavy atom. The van der Waals surface area contributed by atoms with E-state index in [1.165, 1.54) is 6.92 Å². The number of esters is 1. The summed E-state index contributed by atoms with van der Waals surface area (Å²) in [5.41, 5.74) is 3.94. The van der Waals surface area contributed by atoms with Crippen molar-refractivity contribution in [2.24, 2.45) is 0 Å². The number of nitrogens with one attached hydrogen (secondary N) is 1. The third-order valence-corrected chi connectivity index (χ3v) is 5.61. The first kappa shape index (κ1) is 23.6. The number of aliphatic hydroxyl groups excluding tert-OH is 1. The molecule has 2 heterocycles. The number of benzene rings is 2. The molecule has 2 aromatic carbocycles. The number of aliphatic hydroxyl groups is 1. The molecule has 0 aliphatic carbocycles. The minimum Gasteiger partial charge on any atom is -0.432 e. The Morgan fingerprint density at radius 3 is 2.56 bits per heavy atom. The second kappa shape index (κ2) is 10.6. The van der Waals surface area contributed by atoms with Crippen LogP contribution in [0.15, 0.2) is 48.5 Å². The Hall–Kier alpha value is -3.56. The zero-order valence-electron chi connectivity index (χ0n) is 18.9. The second-order valence-electron chi connectivity index (χ2n) is 7.84. The van der Waals surface area contributed by atoms with Crippen molar-refractivity contribution >= 4 is 17.6 Å². The Labute approximate surface area is 201 Å². The van der Waals surface area contributed by atoms with Gasteiger partial charge >= 0.3 is 5.97 Å². The van der Waals surface area contributed by atoms with Gasteiger partial charge < -0.3 is 14.4 Å². The summed E-state index contributed by atoms with van der Waals surface area (Å²) < 4.78 is 6.76. The molecule has 0 aliphatic rings. The van der Waals surface area contributed by atoms with E-state index in [4.69, 9.17) is 16.3 Å². The van der Waals surface area contributed by atoms with Crippen molar-refractivity contribution < 1.29 is 14.6 Å². The zero-order valence-corrected chi connectivity index (χ0v) is 19.7. The first-order chi connectivity index (χ1) is 16.5. The topological polar surface area (TPSA) is 119 Å². The Bertz CT molecular complexity index is 1250. The molecule has 0 amide bonds. The first-order valence-electron chi connectivity index (χ1n) is 11.0. The van der Waals surface area contributed by atoms with Crippen LogP contribution in [0.25, 0.3) is 22.5 Å². The summed E-state index contributed by atoms with van der Waals surface area (Å²) in [4.78, 5) is 17.0. The van der Waals surface area contributed by atoms with E-state index in [0.29, 0.717) is 24.6 Å². The summed E-state index contributed by atoms with van der Waals surface area (Å²) in [5.74, 6) is 0.520. The van der Waals surface area contributed by atoms with Crippen LogP contribution < -0.4 is 0 Å². The quantitative estimate of drug-likeness (QED) is 0.271. The number of halogens is 1. The second-order valence-corrected chi connectivity index (χ2v) is 8.20. The number of H-pyrrole nitrogens is 1. The van der Waals surface area contributed by atoms with E-state index in [1.807, 2.05) is 48.5 Å². The van der Waals surface area contributed by atoms with Crippen molar-refractivity contribution in [2.45, 2.75) is 45.9 Å². The van der Waals surface area contributed by atoms with Crippen LogP contribution >= 0.6 is 11.6 Å². The number of tetrazole rings is 1. The highest BCUT2D eigenvalue weighted by Gasteiger charge is 2.24. The lowest BCUT2D eigenvalue weighted by Crippen LogP contribution is -2.19. The van der Waals surface area contributed by atoms with Gasteiger partial charge in [-0.1, -0.05) is 73.5 Å². The van der Waals surface area contributed by atoms with E-state index in [0.717, 1.165) is 35.1 Å². The van der Waals surface area contributed by atoms with Gasteiger partial charge in [-0.15, -0.1) is 10.2 Å². The van der Waals surface area contributed by atoms with E-state index < -0.39 is 12.3 Å². The maximum absolute atomic E-state index is 12.6. The summed E-state index contributed by atoms with van der Waals surface area (Å²) in [6.45, 7) is 3.84. The van der Waals surface area contributed by atoms with Crippen LogP contribution in [0.5, 0.6) is 0 Å². The molecule has 0 fully saturated rings. The number of hydrogen-bond donors (Lipinski definition) is 2. The average molecular weight is 481 g/mol. The van der Waals surface area contributed by atoms with Gasteiger partial charge in [-0.2, -0.15) is 5.21 Å². The summed E-state index contributed by atoms with van der Waals surface area (Å²) in [6, 6.07) is 15.8. The molecule has 34 heavy (non-hydrogen) atoms. The molecular weight excluding hydrogens is 456 g/mol. The van der Waals surface area contributed by atoms with Crippen LogP contribution in [-0.4, -0.2) is 47.5 Å². The summed E-state index contributed by atoms with van der Waals surface area (Å²) in [6.07, 6.45) is 1.31. The number of aryl methyl sites for hydroxylation is 1. The minimum absolute atomic E-state index is 0.0717. The number of carbonyl (C=O) groups excluding carboxylic acids is 1. The zero-order chi connectivity index (χ0) is 24.1. The standard InChI is InChI=1S/C24H25ClN6O3/c1-3-4-9-20-26-22(25)21(24(33)34-15(2)32)31(20)14-16-10-12-17(13-11-16)18-7-5-6-8-19(18)23-27-29-30-28-23/h5-8,10-13,15,32H,3-4,9,14H2,1-2H3,(H,27,28,29,30). The van der Waals surface area contributed by atoms with Crippen LogP contribution in [0, 0.1) is 0 Å². The first-order valence-corrected chi connectivity index (χ1v) is 11.4. The normalized spacial score (nSPS) is 12.0. The van der Waals surface area contributed by atoms with Gasteiger partial charge in [-0.25, -0.2) is 9.78 Å². The fraction of sp³-hybridized carbons (Fsp3) is 0.292. The smallest absolute Gasteiger partial charge is 0.360 e. The number of carbonyl (C=O) groups is 1. The molecule has 0 saturated carbocycles. The van der Waals surface area contributed by atoms with Gasteiger partial charge in [0.05, 0.1) is 0 Å². The van der Waals surface area contributed by atoms with Crippen molar-refractivity contribution in [2.75, 3.05) is 0 Å². The monoisotopic (exact) mass is 480 g/mol. The number of hydrogen-bond acceptors (Lipinski definition) is 7. The minimum atomic E-state index is -1.25. The molecule has 0 radical (unpaired) electrons. The predicted octanol–water partition coefficient (Wildman–Crippen LogP) is 4.27. The summed E-state index contributed by atoms with van der Waals surface area (Å²) in [7, 11) is 0. The molecule has 10 heteroatoms. The fourth-order valence-electron chi connectivity index (χ4n) is 3.75. The molecule has 4 rings (SSSR count). The van der Waals surface area contributed by atoms with E-state index in [9.17, 15) is 9.90 Å². The maximum atomic E-state index is 12.6. The van der Waals surface area contributed by atoms with Crippen molar-refractivity contribution in [1.82, 2.24) is 30.2 Å². The van der Waals surface area contributed by atoms with Crippen LogP contribution in [0.1, 0.15) is 48.6 Å². The maximum Gasteiger partial charge on any atom is 0.360 e. The van der Waals surface area contributed by atoms with Crippen LogP contribution in [0.3, 0.4) is 0 Å². The molecule has 0 bridgehead atoms. The SMILES string of the molecule is CCCCc1nc(Cl)c(C(=O)OC(C)O)n1Cc1ccc(-c2ccccc2-c2nn[nH]n2)cc1. The lowest BCUT2D eigenvalue weighted by atomic mass is 9.98. The largest absolute Gasteiger partial charge is 0.432 e. The Kier molecular flexibility index (Phi) is 7.34. The van der Waals surface area contributed by atoms with Crippen LogP contribution in [0.4, 0.5) is 0 Å². The van der Waals surface area contributed by atoms with Crippen molar-refractivity contribution in [3.05, 3.63) is 70.8 Å². The molecule has 0 spiro atoms. The van der Waals surface area contributed by atoms with Crippen LogP contribution in [0.2, 0.25) is 5.15 Å². The van der Waals surface area contributed by atoms with Gasteiger partial charge in [-0.05, 0) is 35.2 Å². The van der Waals surface area contributed by atoms with E-state index in [1.54, 1.807) is 4.57 Å². The highest BCUT2D eigenvalue weighted by atomic mass is 35.5. The molecular formula is C24H25ClN6O3. The molecule has 2 aromatic heterocycles. The van der Waals surface area contributed by atoms with E-state index in [2.05, 4.69) is 32.5 Å². The lowest BCUT2D eigenvalue weighted by Gasteiger charge is -2.14. The van der Waals surface area contributed by atoms with Gasteiger partial charge in [0.15, 0.2) is 17.1 Å². The third-order valence-electron chi connectivity index (χ3n) is 5.35. The fourth-order valence-corrected chi connectivity index (χ4v) is 4.02. The molecule has 9 nitrogen and oxygen atoms in total. The highest BCUT2D eigenvalue weighted by Crippen LogP contribution is 2.30. The lowest BCUT2D eigenvalue weighted by molar-refractivity contribution is -0.0530. The Morgan fingerprint density at radius 1 is 1.18 bits per heavy atom. The highest BCUT2D eigenvalue weighted by molar-refractivity contribution is 6.32. The molecule has 2 N–H and O–H groups in total. The molecule has 176 valence electrons. The number of rotatable bonds is 9. The van der Waals surface area contributed by atoms with E-state index >= 15 is 0 Å². The summed E-state index contributed by atoms with van der Waals surface area (Å²) in [5, 5.41) is 23.9. The number of unbranched alkanes of at least 4 members (excludes halogenated alkanes) is 1. The van der Waals surface area contributed by atoms with E-state index in [-0.39, 0.29) is 10.8 Å². The van der Waals surface area contributed by atoms with Gasteiger partial charge in [0, 0.05) is 18.5 Å². The van der Waals surface area contributed by atoms with Gasteiger partial charge in [0.25, 0.3) is 0 Å². The Balaban J connectivity index is 1.65. The van der Waals surface area contributed by atoms with Crippen LogP contribution in [-0.2, 0) is 17.7 Å². The number of aromatic nitrogens is 6. The van der Waals surface area contributed by atoms with Gasteiger partial charge in [0.2, 0.25) is 5.82 Å².